The van der Waals surface area contributed by atoms with Gasteiger partial charge >= 0.3 is 0 Å². The number of piperidine rings is 1. The first kappa shape index (κ1) is 12.9. The second kappa shape index (κ2) is 4.97. The van der Waals surface area contributed by atoms with Gasteiger partial charge in [-0.3, -0.25) is 4.79 Å². The quantitative estimate of drug-likeness (QED) is 0.758. The molecule has 0 radical (unpaired) electrons. The van der Waals surface area contributed by atoms with E-state index >= 15 is 0 Å². The normalized spacial score (nSPS) is 30.6. The number of hydrogen-bond donors (Lipinski definition) is 1. The highest BCUT2D eigenvalue weighted by Crippen LogP contribution is 2.33. The van der Waals surface area contributed by atoms with Gasteiger partial charge in [-0.15, -0.1) is 0 Å². The molecule has 3 heteroatoms. The number of carbonyl (C=O) groups excluding carboxylic acids is 1. The summed E-state index contributed by atoms with van der Waals surface area (Å²) in [4.78, 5) is 14.4. The molecule has 0 aromatic rings. The van der Waals surface area contributed by atoms with Crippen molar-refractivity contribution in [3.63, 3.8) is 0 Å². The summed E-state index contributed by atoms with van der Waals surface area (Å²) in [7, 11) is 0. The van der Waals surface area contributed by atoms with Gasteiger partial charge in [0.05, 0.1) is 6.04 Å². The summed E-state index contributed by atoms with van der Waals surface area (Å²) in [5.74, 6) is 1.01. The minimum absolute atomic E-state index is 0.0995. The van der Waals surface area contributed by atoms with E-state index in [1.54, 1.807) is 0 Å². The van der Waals surface area contributed by atoms with Crippen molar-refractivity contribution < 1.29 is 4.79 Å². The lowest BCUT2D eigenvalue weighted by Gasteiger charge is -2.29. The van der Waals surface area contributed by atoms with Crippen molar-refractivity contribution in [1.29, 1.82) is 0 Å². The molecule has 2 aliphatic rings. The molecule has 2 atom stereocenters. The van der Waals surface area contributed by atoms with Gasteiger partial charge in [-0.1, -0.05) is 27.2 Å². The molecule has 1 amide bonds. The van der Waals surface area contributed by atoms with Crippen molar-refractivity contribution in [2.75, 3.05) is 19.6 Å². The zero-order valence-electron chi connectivity index (χ0n) is 11.5. The second-order valence-corrected chi connectivity index (χ2v) is 6.64. The number of rotatable bonds is 1. The summed E-state index contributed by atoms with van der Waals surface area (Å²) in [6.45, 7) is 9.77. The van der Waals surface area contributed by atoms with Crippen molar-refractivity contribution in [3.8, 4) is 0 Å². The number of nitrogens with one attached hydrogen (secondary N) is 1. The molecule has 2 aliphatic heterocycles. The van der Waals surface area contributed by atoms with Crippen LogP contribution in [0.2, 0.25) is 0 Å². The van der Waals surface area contributed by atoms with E-state index in [9.17, 15) is 4.79 Å². The molecule has 0 aromatic carbocycles. The third-order valence-electron chi connectivity index (χ3n) is 4.33. The molecule has 1 N–H and O–H groups in total. The highest BCUT2D eigenvalue weighted by Gasteiger charge is 2.36. The minimum Gasteiger partial charge on any atom is -0.341 e. The number of carbonyl (C=O) groups is 1. The summed E-state index contributed by atoms with van der Waals surface area (Å²) in [5, 5.41) is 3.36. The van der Waals surface area contributed by atoms with Crippen molar-refractivity contribution in [3.05, 3.63) is 0 Å². The largest absolute Gasteiger partial charge is 0.341 e. The molecule has 2 rings (SSSR count). The fraction of sp³-hybridized carbons (Fsp3) is 0.929. The fourth-order valence-corrected chi connectivity index (χ4v) is 2.95. The first-order valence-electron chi connectivity index (χ1n) is 7.00. The Balaban J connectivity index is 1.89. The second-order valence-electron chi connectivity index (χ2n) is 6.64. The van der Waals surface area contributed by atoms with E-state index < -0.39 is 0 Å². The predicted molar refractivity (Wildman–Crippen MR) is 69.8 cm³/mol. The molecule has 0 spiro atoms. The molecule has 2 fully saturated rings. The van der Waals surface area contributed by atoms with E-state index in [2.05, 4.69) is 31.0 Å². The Hall–Kier alpha value is -0.570. The van der Waals surface area contributed by atoms with Gasteiger partial charge < -0.3 is 10.2 Å². The van der Waals surface area contributed by atoms with E-state index in [1.807, 2.05) is 0 Å². The number of likely N-dealkylation sites (tertiary alicyclic amines) is 1. The van der Waals surface area contributed by atoms with Crippen LogP contribution in [-0.4, -0.2) is 36.5 Å². The molecule has 2 saturated heterocycles. The van der Waals surface area contributed by atoms with E-state index in [0.29, 0.717) is 17.2 Å². The summed E-state index contributed by atoms with van der Waals surface area (Å²) in [6, 6.07) is 0.0995. The number of hydrogen-bond acceptors (Lipinski definition) is 2. The first-order chi connectivity index (χ1) is 7.98. The van der Waals surface area contributed by atoms with Gasteiger partial charge in [0.1, 0.15) is 0 Å². The molecular formula is C14H26N2O. The van der Waals surface area contributed by atoms with E-state index in [4.69, 9.17) is 0 Å². The van der Waals surface area contributed by atoms with E-state index in [0.717, 1.165) is 26.1 Å². The van der Waals surface area contributed by atoms with Crippen molar-refractivity contribution >= 4 is 5.91 Å². The highest BCUT2D eigenvalue weighted by molar-refractivity contribution is 5.82. The molecule has 0 saturated carbocycles. The van der Waals surface area contributed by atoms with E-state index in [1.165, 1.54) is 19.3 Å². The molecule has 0 aliphatic carbocycles. The molecule has 17 heavy (non-hydrogen) atoms. The van der Waals surface area contributed by atoms with Crippen LogP contribution in [0, 0.1) is 11.3 Å². The van der Waals surface area contributed by atoms with Gasteiger partial charge in [-0.05, 0) is 37.1 Å². The van der Waals surface area contributed by atoms with Crippen LogP contribution in [0.15, 0.2) is 0 Å². The average Bonchev–Trinajstić information content (AvgIpc) is 2.78. The topological polar surface area (TPSA) is 32.3 Å². The highest BCUT2D eigenvalue weighted by atomic mass is 16.2. The maximum absolute atomic E-state index is 12.3. The molecule has 0 bridgehead atoms. The average molecular weight is 238 g/mol. The number of amides is 1. The molecule has 98 valence electrons. The van der Waals surface area contributed by atoms with Crippen LogP contribution in [0.5, 0.6) is 0 Å². The van der Waals surface area contributed by atoms with Crippen molar-refractivity contribution in [2.45, 2.75) is 52.5 Å². The lowest BCUT2D eigenvalue weighted by atomic mass is 9.80. The molecular weight excluding hydrogens is 212 g/mol. The van der Waals surface area contributed by atoms with E-state index in [-0.39, 0.29) is 6.04 Å². The van der Waals surface area contributed by atoms with Crippen LogP contribution >= 0.6 is 0 Å². The monoisotopic (exact) mass is 238 g/mol. The number of nitrogens with zero attached hydrogens (tertiary/aromatic N) is 1. The molecule has 2 heterocycles. The molecule has 2 unspecified atom stereocenters. The van der Waals surface area contributed by atoms with Crippen LogP contribution in [0.3, 0.4) is 0 Å². The zero-order valence-corrected chi connectivity index (χ0v) is 11.5. The lowest BCUT2D eigenvalue weighted by molar-refractivity contribution is -0.133. The Kier molecular flexibility index (Phi) is 3.76. The summed E-state index contributed by atoms with van der Waals surface area (Å²) in [6.07, 6.45) is 4.60. The predicted octanol–water partition coefficient (Wildman–Crippen LogP) is 2.02. The smallest absolute Gasteiger partial charge is 0.239 e. The molecule has 0 aromatic heterocycles. The Morgan fingerprint density at radius 1 is 1.24 bits per heavy atom. The SMILES string of the molecule is CC(C)(C)C1CCN(C(=O)C2CCCCN2)C1. The van der Waals surface area contributed by atoms with Gasteiger partial charge in [0.15, 0.2) is 0 Å². The van der Waals surface area contributed by atoms with Gasteiger partial charge in [-0.25, -0.2) is 0 Å². The maximum Gasteiger partial charge on any atom is 0.239 e. The Morgan fingerprint density at radius 3 is 2.53 bits per heavy atom. The van der Waals surface area contributed by atoms with Gasteiger partial charge in [0.2, 0.25) is 5.91 Å². The molecule has 3 nitrogen and oxygen atoms in total. The van der Waals surface area contributed by atoms with Gasteiger partial charge in [0.25, 0.3) is 0 Å². The van der Waals surface area contributed by atoms with Crippen molar-refractivity contribution in [1.82, 2.24) is 10.2 Å². The summed E-state index contributed by atoms with van der Waals surface area (Å²) < 4.78 is 0. The van der Waals surface area contributed by atoms with Crippen LogP contribution < -0.4 is 5.32 Å². The van der Waals surface area contributed by atoms with Crippen molar-refractivity contribution in [2.24, 2.45) is 11.3 Å². The van der Waals surface area contributed by atoms with Gasteiger partial charge in [0, 0.05) is 13.1 Å². The van der Waals surface area contributed by atoms with Crippen LogP contribution in [-0.2, 0) is 4.79 Å². The summed E-state index contributed by atoms with van der Waals surface area (Å²) in [5.41, 5.74) is 0.328. The third-order valence-corrected chi connectivity index (χ3v) is 4.33. The minimum atomic E-state index is 0.0995. The third kappa shape index (κ3) is 3.01. The first-order valence-corrected chi connectivity index (χ1v) is 7.00. The Bertz CT molecular complexity index is 276. The summed E-state index contributed by atoms with van der Waals surface area (Å²) >= 11 is 0. The van der Waals surface area contributed by atoms with Crippen LogP contribution in [0.1, 0.15) is 46.5 Å². The Labute approximate surface area is 105 Å². The zero-order chi connectivity index (χ0) is 12.5. The standard InChI is InChI=1S/C14H26N2O/c1-14(2,3)11-7-9-16(10-11)13(17)12-6-4-5-8-15-12/h11-12,15H,4-10H2,1-3H3. The van der Waals surface area contributed by atoms with Crippen LogP contribution in [0.4, 0.5) is 0 Å². The lowest BCUT2D eigenvalue weighted by Crippen LogP contribution is -2.48. The fourth-order valence-electron chi connectivity index (χ4n) is 2.95. The van der Waals surface area contributed by atoms with Gasteiger partial charge in [-0.2, -0.15) is 0 Å². The van der Waals surface area contributed by atoms with Crippen LogP contribution in [0.25, 0.3) is 0 Å². The maximum atomic E-state index is 12.3. The Morgan fingerprint density at radius 2 is 2.00 bits per heavy atom.